The van der Waals surface area contributed by atoms with Crippen LogP contribution in [0.1, 0.15) is 41.1 Å². The SMILES string of the molecule is Cn1ccnc1SC[C@H]1C[C@@H](c2ccc(CO)cc2)O[C@@H](c2ccc(NC(=O)NCc3ccccc3)cc2)O1. The molecule has 0 radical (unpaired) electrons. The first-order valence-corrected chi connectivity index (χ1v) is 13.9. The first-order chi connectivity index (χ1) is 19.1. The average Bonchev–Trinajstić information content (AvgIpc) is 3.40. The number of hydrogen-bond donors (Lipinski definition) is 3. The molecule has 3 atom stereocenters. The van der Waals surface area contributed by atoms with Crippen LogP contribution < -0.4 is 10.6 Å². The molecule has 202 valence electrons. The van der Waals surface area contributed by atoms with Gasteiger partial charge in [-0.25, -0.2) is 9.78 Å². The molecule has 9 heteroatoms. The fourth-order valence-corrected chi connectivity index (χ4v) is 5.31. The summed E-state index contributed by atoms with van der Waals surface area (Å²) in [6.45, 7) is 0.456. The Hall–Kier alpha value is -3.63. The van der Waals surface area contributed by atoms with E-state index >= 15 is 0 Å². The van der Waals surface area contributed by atoms with Crippen LogP contribution in [0.2, 0.25) is 0 Å². The van der Waals surface area contributed by atoms with Crippen LogP contribution in [0.15, 0.2) is 96.4 Å². The number of thioether (sulfide) groups is 1. The van der Waals surface area contributed by atoms with Crippen molar-refractivity contribution in [3.05, 3.63) is 114 Å². The number of carbonyl (C=O) groups is 1. The maximum absolute atomic E-state index is 12.4. The van der Waals surface area contributed by atoms with E-state index in [-0.39, 0.29) is 24.8 Å². The van der Waals surface area contributed by atoms with Gasteiger partial charge in [0.25, 0.3) is 0 Å². The molecule has 1 aliphatic rings. The van der Waals surface area contributed by atoms with Crippen LogP contribution in [0.3, 0.4) is 0 Å². The Morgan fingerprint density at radius 1 is 1.00 bits per heavy atom. The molecule has 4 aromatic rings. The number of aromatic nitrogens is 2. The fourth-order valence-electron chi connectivity index (χ4n) is 4.36. The summed E-state index contributed by atoms with van der Waals surface area (Å²) in [4.78, 5) is 16.8. The van der Waals surface area contributed by atoms with Crippen LogP contribution in [0, 0.1) is 0 Å². The molecule has 0 saturated carbocycles. The zero-order valence-electron chi connectivity index (χ0n) is 21.7. The zero-order valence-corrected chi connectivity index (χ0v) is 22.5. The number of nitrogens with zero attached hydrogens (tertiary/aromatic N) is 2. The second kappa shape index (κ2) is 12.9. The molecular weight excluding hydrogens is 512 g/mol. The number of urea groups is 1. The summed E-state index contributed by atoms with van der Waals surface area (Å²) in [5, 5.41) is 16.1. The fraction of sp³-hybridized carbons (Fsp3) is 0.267. The van der Waals surface area contributed by atoms with Gasteiger partial charge in [0.1, 0.15) is 0 Å². The van der Waals surface area contributed by atoms with Crippen molar-refractivity contribution in [1.29, 1.82) is 0 Å². The number of amides is 2. The standard InChI is InChI=1S/C30H32N4O4S/c1-34-16-15-31-30(34)39-20-26-17-27(23-9-7-22(19-35)8-10-23)38-28(37-26)24-11-13-25(14-12-24)33-29(36)32-18-21-5-3-2-4-6-21/h2-16,26-28,35H,17-20H2,1H3,(H2,32,33,36)/t26-,27+,28+/m1/s1. The van der Waals surface area contributed by atoms with Crippen molar-refractivity contribution in [2.24, 2.45) is 7.05 Å². The van der Waals surface area contributed by atoms with Crippen LogP contribution in [0.5, 0.6) is 0 Å². The smallest absolute Gasteiger partial charge is 0.319 e. The van der Waals surface area contributed by atoms with Crippen molar-refractivity contribution < 1.29 is 19.4 Å². The van der Waals surface area contributed by atoms with Crippen molar-refractivity contribution in [3.8, 4) is 0 Å². The Labute approximate surface area is 232 Å². The Bertz CT molecular complexity index is 1350. The number of carbonyl (C=O) groups excluding carboxylic acids is 1. The number of nitrogens with one attached hydrogen (secondary N) is 2. The third-order valence-electron chi connectivity index (χ3n) is 6.53. The molecule has 8 nitrogen and oxygen atoms in total. The maximum Gasteiger partial charge on any atom is 0.319 e. The summed E-state index contributed by atoms with van der Waals surface area (Å²) >= 11 is 1.66. The number of hydrogen-bond acceptors (Lipinski definition) is 6. The van der Waals surface area contributed by atoms with Gasteiger partial charge in [-0.3, -0.25) is 0 Å². The van der Waals surface area contributed by atoms with Crippen molar-refractivity contribution in [1.82, 2.24) is 14.9 Å². The van der Waals surface area contributed by atoms with E-state index in [1.54, 1.807) is 18.0 Å². The van der Waals surface area contributed by atoms with Crippen molar-refractivity contribution in [2.45, 2.75) is 43.2 Å². The minimum absolute atomic E-state index is 0.00509. The van der Waals surface area contributed by atoms with Gasteiger partial charge >= 0.3 is 6.03 Å². The molecular formula is C30H32N4O4S. The largest absolute Gasteiger partial charge is 0.392 e. The number of rotatable bonds is 9. The highest BCUT2D eigenvalue weighted by Gasteiger charge is 2.32. The number of anilines is 1. The van der Waals surface area contributed by atoms with E-state index in [1.165, 1.54) is 0 Å². The maximum atomic E-state index is 12.4. The minimum Gasteiger partial charge on any atom is -0.392 e. The highest BCUT2D eigenvalue weighted by Crippen LogP contribution is 2.39. The van der Waals surface area contributed by atoms with Crippen LogP contribution in [0.25, 0.3) is 0 Å². The van der Waals surface area contributed by atoms with E-state index in [2.05, 4.69) is 15.6 Å². The Morgan fingerprint density at radius 2 is 1.74 bits per heavy atom. The van der Waals surface area contributed by atoms with Gasteiger partial charge in [0.05, 0.1) is 18.8 Å². The summed E-state index contributed by atoms with van der Waals surface area (Å²) in [5.74, 6) is 0.733. The summed E-state index contributed by atoms with van der Waals surface area (Å²) in [6.07, 6.45) is 3.64. The highest BCUT2D eigenvalue weighted by molar-refractivity contribution is 7.99. The van der Waals surface area contributed by atoms with E-state index in [0.717, 1.165) is 33.2 Å². The zero-order chi connectivity index (χ0) is 27.0. The van der Waals surface area contributed by atoms with Crippen LogP contribution >= 0.6 is 11.8 Å². The quantitative estimate of drug-likeness (QED) is 0.238. The van der Waals surface area contributed by atoms with E-state index in [4.69, 9.17) is 9.47 Å². The summed E-state index contributed by atoms with van der Waals surface area (Å²) in [7, 11) is 1.98. The second-order valence-corrected chi connectivity index (χ2v) is 10.4. The van der Waals surface area contributed by atoms with E-state index < -0.39 is 6.29 Å². The molecule has 1 aliphatic heterocycles. The van der Waals surface area contributed by atoms with Crippen LogP contribution in [-0.2, 0) is 29.7 Å². The number of aliphatic hydroxyl groups is 1. The molecule has 0 aliphatic carbocycles. The lowest BCUT2D eigenvalue weighted by atomic mass is 10.0. The topological polar surface area (TPSA) is 97.6 Å². The Kier molecular flexibility index (Phi) is 8.95. The third kappa shape index (κ3) is 7.27. The number of aryl methyl sites for hydroxylation is 1. The van der Waals surface area contributed by atoms with Crippen molar-refractivity contribution in [3.63, 3.8) is 0 Å². The average molecular weight is 545 g/mol. The van der Waals surface area contributed by atoms with E-state index in [1.807, 2.05) is 96.7 Å². The van der Waals surface area contributed by atoms with Gasteiger partial charge in [-0.05, 0) is 28.8 Å². The highest BCUT2D eigenvalue weighted by atomic mass is 32.2. The van der Waals surface area contributed by atoms with E-state index in [0.29, 0.717) is 18.7 Å². The van der Waals surface area contributed by atoms with Gasteiger partial charge in [0, 0.05) is 49.4 Å². The third-order valence-corrected chi connectivity index (χ3v) is 7.72. The summed E-state index contributed by atoms with van der Waals surface area (Å²) < 4.78 is 14.8. The van der Waals surface area contributed by atoms with Crippen molar-refractivity contribution >= 4 is 23.5 Å². The van der Waals surface area contributed by atoms with Gasteiger partial charge in [-0.1, -0.05) is 78.5 Å². The normalized spacial score (nSPS) is 19.0. The molecule has 1 saturated heterocycles. The number of aliphatic hydroxyl groups excluding tert-OH is 1. The number of ether oxygens (including phenoxy) is 2. The minimum atomic E-state index is -0.561. The van der Waals surface area contributed by atoms with Gasteiger partial charge < -0.3 is 29.8 Å². The second-order valence-electron chi connectivity index (χ2n) is 9.40. The van der Waals surface area contributed by atoms with Crippen LogP contribution in [-0.4, -0.2) is 32.5 Å². The molecule has 2 heterocycles. The molecule has 3 aromatic carbocycles. The van der Waals surface area contributed by atoms with Crippen LogP contribution in [0.4, 0.5) is 10.5 Å². The molecule has 39 heavy (non-hydrogen) atoms. The van der Waals surface area contributed by atoms with Gasteiger partial charge in [0.2, 0.25) is 0 Å². The molecule has 5 rings (SSSR count). The number of benzene rings is 3. The van der Waals surface area contributed by atoms with Gasteiger partial charge in [-0.15, -0.1) is 0 Å². The number of imidazole rings is 1. The summed E-state index contributed by atoms with van der Waals surface area (Å²) in [5.41, 5.74) is 4.49. The monoisotopic (exact) mass is 544 g/mol. The lowest BCUT2D eigenvalue weighted by Crippen LogP contribution is -2.31. The molecule has 1 fully saturated rings. The molecule has 1 aromatic heterocycles. The first kappa shape index (κ1) is 27.0. The molecule has 0 unspecified atom stereocenters. The lowest BCUT2D eigenvalue weighted by molar-refractivity contribution is -0.245. The Balaban J connectivity index is 1.25. The van der Waals surface area contributed by atoms with Gasteiger partial charge in [-0.2, -0.15) is 0 Å². The molecule has 3 N–H and O–H groups in total. The first-order valence-electron chi connectivity index (χ1n) is 12.9. The molecule has 0 bridgehead atoms. The Morgan fingerprint density at radius 3 is 2.44 bits per heavy atom. The molecule has 0 spiro atoms. The lowest BCUT2D eigenvalue weighted by Gasteiger charge is -2.36. The van der Waals surface area contributed by atoms with E-state index in [9.17, 15) is 9.90 Å². The van der Waals surface area contributed by atoms with Gasteiger partial charge in [0.15, 0.2) is 11.4 Å². The predicted octanol–water partition coefficient (Wildman–Crippen LogP) is 5.57. The summed E-state index contributed by atoms with van der Waals surface area (Å²) in [6, 6.07) is 24.9. The molecule has 2 amide bonds. The predicted molar refractivity (Wildman–Crippen MR) is 151 cm³/mol. The van der Waals surface area contributed by atoms with Crippen molar-refractivity contribution in [2.75, 3.05) is 11.1 Å².